The second-order valence-corrected chi connectivity index (χ2v) is 9.48. The molecule has 1 spiro atoms. The molecular formula is C25H32F4N6OS. The topological polar surface area (TPSA) is 134 Å². The van der Waals surface area contributed by atoms with E-state index in [9.17, 15) is 23.2 Å². The first-order valence-electron chi connectivity index (χ1n) is 11.6. The summed E-state index contributed by atoms with van der Waals surface area (Å²) in [6.07, 6.45) is 1.82. The Morgan fingerprint density at radius 2 is 1.84 bits per heavy atom. The number of hydrogen-bond donors (Lipinski definition) is 4. The van der Waals surface area contributed by atoms with E-state index >= 15 is 4.39 Å². The number of nitriles is 1. The average Bonchev–Trinajstić information content (AvgIpc) is 3.62. The standard InChI is InChI=1S/C24H23F4N3OS.CH5N.H4N2/c1-14(11-29)23(32)31-12-24(5-6-24)22(30-33-13-25)20(31)9-15-3-2-4-19(21(15)28)16-7-17(26)10-18(27)8-16;2*1-2/h2-4,7-8,10,14,20,22,30H,5-6,9,12-13H2,1H3;2H2,1H3;1-2H2. The van der Waals surface area contributed by atoms with Gasteiger partial charge < -0.3 is 10.6 Å². The van der Waals surface area contributed by atoms with Crippen LogP contribution in [0.1, 0.15) is 25.3 Å². The number of rotatable bonds is 7. The fraction of sp³-hybridized carbons (Fsp3) is 0.440. The zero-order valence-electron chi connectivity index (χ0n) is 20.7. The van der Waals surface area contributed by atoms with Crippen molar-refractivity contribution in [1.82, 2.24) is 9.62 Å². The third-order valence-electron chi connectivity index (χ3n) is 6.62. The van der Waals surface area contributed by atoms with Gasteiger partial charge in [0.25, 0.3) is 0 Å². The van der Waals surface area contributed by atoms with Gasteiger partial charge in [-0.25, -0.2) is 17.6 Å². The lowest BCUT2D eigenvalue weighted by Crippen LogP contribution is -2.47. The summed E-state index contributed by atoms with van der Waals surface area (Å²) < 4.78 is 59.0. The van der Waals surface area contributed by atoms with E-state index < -0.39 is 35.4 Å². The Kier molecular flexibility index (Phi) is 11.3. The predicted octanol–water partition coefficient (Wildman–Crippen LogP) is 3.39. The number of halogens is 4. The van der Waals surface area contributed by atoms with Gasteiger partial charge in [0, 0.05) is 29.6 Å². The maximum Gasteiger partial charge on any atom is 0.239 e. The second-order valence-electron chi connectivity index (χ2n) is 8.74. The van der Waals surface area contributed by atoms with E-state index in [1.54, 1.807) is 17.0 Å². The Balaban J connectivity index is 0.00000115. The van der Waals surface area contributed by atoms with E-state index in [-0.39, 0.29) is 40.5 Å². The molecule has 2 aromatic carbocycles. The fourth-order valence-electron chi connectivity index (χ4n) is 4.77. The Hall–Kier alpha value is -2.69. The van der Waals surface area contributed by atoms with Crippen LogP contribution in [0.25, 0.3) is 11.1 Å². The number of hydrogen-bond acceptors (Lipinski definition) is 7. The molecule has 1 aliphatic carbocycles. The Morgan fingerprint density at radius 1 is 1.22 bits per heavy atom. The summed E-state index contributed by atoms with van der Waals surface area (Å²) in [7, 11) is 1.50. The monoisotopic (exact) mass is 540 g/mol. The SMILES string of the molecule is CC(C#N)C(=O)N1CC2(CC2)C(NSCF)C1Cc1cccc(-c2cc(F)cc(F)c2)c1F.CN.NN. The van der Waals surface area contributed by atoms with Crippen molar-refractivity contribution in [3.8, 4) is 17.2 Å². The average molecular weight is 541 g/mol. The van der Waals surface area contributed by atoms with Crippen molar-refractivity contribution in [2.24, 2.45) is 28.8 Å². The normalized spacial score (nSPS) is 19.7. The predicted molar refractivity (Wildman–Crippen MR) is 136 cm³/mol. The lowest BCUT2D eigenvalue weighted by Gasteiger charge is -2.30. The quantitative estimate of drug-likeness (QED) is 0.183. The molecule has 202 valence electrons. The van der Waals surface area contributed by atoms with Crippen molar-refractivity contribution in [3.63, 3.8) is 0 Å². The molecule has 3 atom stereocenters. The molecule has 3 unspecified atom stereocenters. The first-order valence-corrected chi connectivity index (χ1v) is 12.6. The van der Waals surface area contributed by atoms with E-state index in [1.165, 1.54) is 20.0 Å². The van der Waals surface area contributed by atoms with E-state index in [2.05, 4.69) is 22.1 Å². The molecule has 1 saturated carbocycles. The minimum atomic E-state index is -0.859. The van der Waals surface area contributed by atoms with Crippen LogP contribution in [0.5, 0.6) is 0 Å². The largest absolute Gasteiger partial charge is 0.336 e. The summed E-state index contributed by atoms with van der Waals surface area (Å²) in [5.74, 6) is 4.55. The summed E-state index contributed by atoms with van der Waals surface area (Å²) in [5.41, 5.74) is 4.68. The fourth-order valence-corrected chi connectivity index (χ4v) is 5.42. The second kappa shape index (κ2) is 13.7. The smallest absolute Gasteiger partial charge is 0.239 e. The number of benzene rings is 2. The number of hydrazine groups is 1. The van der Waals surface area contributed by atoms with Crippen LogP contribution >= 0.6 is 11.9 Å². The molecule has 37 heavy (non-hydrogen) atoms. The van der Waals surface area contributed by atoms with Gasteiger partial charge in [-0.05, 0) is 68.4 Å². The Bertz CT molecular complexity index is 1090. The highest BCUT2D eigenvalue weighted by molar-refractivity contribution is 7.97. The van der Waals surface area contributed by atoms with Gasteiger partial charge in [0.2, 0.25) is 5.91 Å². The molecule has 2 aliphatic rings. The van der Waals surface area contributed by atoms with Crippen molar-refractivity contribution in [2.75, 3.05) is 19.6 Å². The van der Waals surface area contributed by atoms with Gasteiger partial charge in [-0.3, -0.25) is 21.2 Å². The summed E-state index contributed by atoms with van der Waals surface area (Å²) in [6.45, 7) is 1.94. The molecule has 7 N–H and O–H groups in total. The first kappa shape index (κ1) is 30.5. The zero-order chi connectivity index (χ0) is 27.8. The van der Waals surface area contributed by atoms with Gasteiger partial charge in [0.05, 0.1) is 12.1 Å². The summed E-state index contributed by atoms with van der Waals surface area (Å²) in [6, 6.07) is 7.99. The van der Waals surface area contributed by atoms with Crippen LogP contribution in [0.15, 0.2) is 36.4 Å². The van der Waals surface area contributed by atoms with Gasteiger partial charge in [0.15, 0.2) is 0 Å². The molecule has 2 aromatic rings. The number of carbonyl (C=O) groups excluding carboxylic acids is 1. The molecule has 1 aliphatic heterocycles. The lowest BCUT2D eigenvalue weighted by molar-refractivity contribution is -0.134. The third-order valence-corrected chi connectivity index (χ3v) is 7.15. The molecule has 4 rings (SSSR count). The van der Waals surface area contributed by atoms with Crippen LogP contribution in [0.3, 0.4) is 0 Å². The van der Waals surface area contributed by atoms with E-state index in [0.717, 1.165) is 43.0 Å². The molecule has 7 nitrogen and oxygen atoms in total. The lowest BCUT2D eigenvalue weighted by atomic mass is 9.91. The van der Waals surface area contributed by atoms with Crippen molar-refractivity contribution in [1.29, 1.82) is 5.26 Å². The number of carbonyl (C=O) groups is 1. The van der Waals surface area contributed by atoms with Crippen LogP contribution in [0, 0.1) is 40.1 Å². The van der Waals surface area contributed by atoms with Crippen LogP contribution in [-0.4, -0.2) is 42.5 Å². The Labute approximate surface area is 218 Å². The van der Waals surface area contributed by atoms with Crippen molar-refractivity contribution >= 4 is 17.9 Å². The van der Waals surface area contributed by atoms with Crippen LogP contribution in [0.4, 0.5) is 17.6 Å². The number of amides is 1. The number of nitrogens with zero attached hydrogens (tertiary/aromatic N) is 2. The van der Waals surface area contributed by atoms with Crippen molar-refractivity contribution < 1.29 is 22.4 Å². The highest BCUT2D eigenvalue weighted by Gasteiger charge is 2.60. The van der Waals surface area contributed by atoms with Crippen LogP contribution in [-0.2, 0) is 11.2 Å². The molecule has 12 heteroatoms. The molecule has 1 amide bonds. The highest BCUT2D eigenvalue weighted by atomic mass is 32.2. The molecular weight excluding hydrogens is 508 g/mol. The Morgan fingerprint density at radius 3 is 2.38 bits per heavy atom. The van der Waals surface area contributed by atoms with Gasteiger partial charge in [-0.1, -0.05) is 18.2 Å². The summed E-state index contributed by atoms with van der Waals surface area (Å²) in [5, 5.41) is 9.26. The molecule has 0 radical (unpaired) electrons. The third kappa shape index (κ3) is 6.80. The van der Waals surface area contributed by atoms with E-state index in [4.69, 9.17) is 0 Å². The highest BCUT2D eigenvalue weighted by Crippen LogP contribution is 2.56. The summed E-state index contributed by atoms with van der Waals surface area (Å²) >= 11 is 0.901. The van der Waals surface area contributed by atoms with Gasteiger partial charge in [0.1, 0.15) is 29.4 Å². The molecule has 2 fully saturated rings. The van der Waals surface area contributed by atoms with Gasteiger partial charge >= 0.3 is 0 Å². The number of nitrogens with two attached hydrogens (primary N) is 3. The number of nitrogens with one attached hydrogen (secondary N) is 1. The van der Waals surface area contributed by atoms with Gasteiger partial charge in [-0.15, -0.1) is 0 Å². The minimum Gasteiger partial charge on any atom is -0.336 e. The van der Waals surface area contributed by atoms with E-state index in [0.29, 0.717) is 6.54 Å². The van der Waals surface area contributed by atoms with Crippen molar-refractivity contribution in [2.45, 2.75) is 38.3 Å². The molecule has 1 saturated heterocycles. The zero-order valence-corrected chi connectivity index (χ0v) is 21.5. The number of alkyl halides is 1. The van der Waals surface area contributed by atoms with Gasteiger partial charge in [-0.2, -0.15) is 5.26 Å². The van der Waals surface area contributed by atoms with Crippen molar-refractivity contribution in [3.05, 3.63) is 59.4 Å². The maximum absolute atomic E-state index is 15.5. The van der Waals surface area contributed by atoms with Crippen LogP contribution < -0.4 is 22.1 Å². The maximum atomic E-state index is 15.5. The number of likely N-dealkylation sites (tertiary alicyclic amines) is 1. The van der Waals surface area contributed by atoms with Crippen LogP contribution in [0.2, 0.25) is 0 Å². The first-order chi connectivity index (χ1) is 17.8. The minimum absolute atomic E-state index is 0.0518. The molecule has 0 bridgehead atoms. The summed E-state index contributed by atoms with van der Waals surface area (Å²) in [4.78, 5) is 14.6. The van der Waals surface area contributed by atoms with E-state index in [1.807, 2.05) is 6.07 Å². The molecule has 0 aromatic heterocycles. The molecule has 1 heterocycles.